The molecule has 0 amide bonds. The maximum atomic E-state index is 12.0. The lowest BCUT2D eigenvalue weighted by Crippen LogP contribution is -2.09. The highest BCUT2D eigenvalue weighted by molar-refractivity contribution is 5.85. The fraction of sp³-hybridized carbons (Fsp3) is 0.176. The largest absolute Gasteiger partial charge is 0.480 e. The van der Waals surface area contributed by atoms with Gasteiger partial charge in [0.1, 0.15) is 0 Å². The average molecular weight is 280 g/mol. The molecule has 106 valence electrons. The van der Waals surface area contributed by atoms with E-state index in [-0.39, 0.29) is 5.43 Å². The van der Waals surface area contributed by atoms with Crippen molar-refractivity contribution in [3.63, 3.8) is 0 Å². The molecule has 4 heteroatoms. The Hall–Kier alpha value is -2.62. The van der Waals surface area contributed by atoms with Gasteiger partial charge in [-0.1, -0.05) is 18.2 Å². The molecular formula is C17H16N2O2. The third kappa shape index (κ3) is 2.29. The van der Waals surface area contributed by atoms with E-state index in [1.807, 2.05) is 44.2 Å². The number of aromatic nitrogens is 2. The van der Waals surface area contributed by atoms with E-state index in [1.165, 1.54) is 0 Å². The number of H-pyrrole nitrogens is 1. The fourth-order valence-electron chi connectivity index (χ4n) is 2.35. The molecule has 0 fully saturated rings. The summed E-state index contributed by atoms with van der Waals surface area (Å²) in [5.41, 5.74) is 3.97. The van der Waals surface area contributed by atoms with Crippen LogP contribution in [0.25, 0.3) is 22.2 Å². The second-order valence-corrected chi connectivity index (χ2v) is 5.04. The summed E-state index contributed by atoms with van der Waals surface area (Å²) in [5, 5.41) is 1.01. The number of rotatable bonds is 2. The predicted octanol–water partition coefficient (Wildman–Crippen LogP) is 3.22. The molecule has 0 radical (unpaired) electrons. The van der Waals surface area contributed by atoms with Crippen molar-refractivity contribution < 1.29 is 4.74 Å². The number of nitrogens with one attached hydrogen (secondary N) is 1. The summed E-state index contributed by atoms with van der Waals surface area (Å²) < 4.78 is 5.38. The van der Waals surface area contributed by atoms with Crippen LogP contribution in [0.2, 0.25) is 0 Å². The van der Waals surface area contributed by atoms with Gasteiger partial charge < -0.3 is 9.72 Å². The van der Waals surface area contributed by atoms with Gasteiger partial charge in [0.05, 0.1) is 23.9 Å². The van der Waals surface area contributed by atoms with Crippen molar-refractivity contribution in [1.29, 1.82) is 0 Å². The van der Waals surface area contributed by atoms with Gasteiger partial charge in [-0.3, -0.25) is 4.79 Å². The lowest BCUT2D eigenvalue weighted by Gasteiger charge is -2.11. The molecule has 0 aliphatic carbocycles. The maximum absolute atomic E-state index is 12.0. The lowest BCUT2D eigenvalue weighted by molar-refractivity contribution is 0.401. The molecule has 0 atom stereocenters. The van der Waals surface area contributed by atoms with E-state index in [0.717, 1.165) is 33.4 Å². The third-order valence-electron chi connectivity index (χ3n) is 3.70. The topological polar surface area (TPSA) is 55.0 Å². The zero-order valence-corrected chi connectivity index (χ0v) is 12.2. The first kappa shape index (κ1) is 13.4. The van der Waals surface area contributed by atoms with Crippen LogP contribution in [-0.4, -0.2) is 17.1 Å². The highest BCUT2D eigenvalue weighted by atomic mass is 16.5. The van der Waals surface area contributed by atoms with Gasteiger partial charge in [-0.15, -0.1) is 0 Å². The Morgan fingerprint density at radius 1 is 1.14 bits per heavy atom. The molecule has 0 unspecified atom stereocenters. The SMILES string of the molecule is COc1nc2ccccc2cc1-c1cc(=O)c(C)c(C)[nH]1. The Bertz CT molecular complexity index is 882. The Morgan fingerprint density at radius 2 is 1.90 bits per heavy atom. The average Bonchev–Trinajstić information content (AvgIpc) is 2.50. The van der Waals surface area contributed by atoms with Crippen LogP contribution < -0.4 is 10.2 Å². The van der Waals surface area contributed by atoms with Gasteiger partial charge in [0.25, 0.3) is 0 Å². The Labute approximate surface area is 122 Å². The monoisotopic (exact) mass is 280 g/mol. The second-order valence-electron chi connectivity index (χ2n) is 5.04. The molecular weight excluding hydrogens is 264 g/mol. The van der Waals surface area contributed by atoms with E-state index >= 15 is 0 Å². The summed E-state index contributed by atoms with van der Waals surface area (Å²) in [7, 11) is 1.58. The molecule has 0 aliphatic rings. The van der Waals surface area contributed by atoms with Crippen LogP contribution in [0.4, 0.5) is 0 Å². The van der Waals surface area contributed by atoms with E-state index in [2.05, 4.69) is 9.97 Å². The number of hydrogen-bond acceptors (Lipinski definition) is 3. The number of pyridine rings is 2. The fourth-order valence-corrected chi connectivity index (χ4v) is 2.35. The number of para-hydroxylation sites is 1. The van der Waals surface area contributed by atoms with Crippen LogP contribution in [0.15, 0.2) is 41.2 Å². The van der Waals surface area contributed by atoms with E-state index < -0.39 is 0 Å². The van der Waals surface area contributed by atoms with E-state index in [9.17, 15) is 4.79 Å². The van der Waals surface area contributed by atoms with Crippen LogP contribution >= 0.6 is 0 Å². The smallest absolute Gasteiger partial charge is 0.223 e. The first-order valence-electron chi connectivity index (χ1n) is 6.75. The summed E-state index contributed by atoms with van der Waals surface area (Å²) in [6, 6.07) is 11.4. The number of benzene rings is 1. The van der Waals surface area contributed by atoms with Crippen molar-refractivity contribution in [3.8, 4) is 17.1 Å². The number of hydrogen-bond donors (Lipinski definition) is 1. The van der Waals surface area contributed by atoms with Crippen molar-refractivity contribution in [2.24, 2.45) is 0 Å². The van der Waals surface area contributed by atoms with Gasteiger partial charge in [-0.05, 0) is 26.0 Å². The minimum Gasteiger partial charge on any atom is -0.480 e. The van der Waals surface area contributed by atoms with Crippen molar-refractivity contribution >= 4 is 10.9 Å². The molecule has 1 N–H and O–H groups in total. The molecule has 0 spiro atoms. The van der Waals surface area contributed by atoms with Crippen molar-refractivity contribution in [3.05, 3.63) is 57.9 Å². The molecule has 3 aromatic rings. The van der Waals surface area contributed by atoms with Gasteiger partial charge in [-0.25, -0.2) is 4.98 Å². The number of ether oxygens (including phenoxy) is 1. The third-order valence-corrected chi connectivity index (χ3v) is 3.70. The van der Waals surface area contributed by atoms with Crippen molar-refractivity contribution in [1.82, 2.24) is 9.97 Å². The Balaban J connectivity index is 2.31. The van der Waals surface area contributed by atoms with Gasteiger partial charge in [0, 0.05) is 22.7 Å². The Kier molecular flexibility index (Phi) is 3.22. The second kappa shape index (κ2) is 5.05. The standard InChI is InChI=1S/C17H16N2O2/c1-10-11(2)18-15(9-16(10)20)13-8-12-6-4-5-7-14(12)19-17(13)21-3/h4-9H,1-3H3,(H,18,20). The minimum absolute atomic E-state index is 0.0106. The number of nitrogens with zero attached hydrogens (tertiary/aromatic N) is 1. The zero-order valence-electron chi connectivity index (χ0n) is 12.2. The molecule has 0 bridgehead atoms. The number of aromatic amines is 1. The number of aryl methyl sites for hydroxylation is 1. The minimum atomic E-state index is 0.0106. The predicted molar refractivity (Wildman–Crippen MR) is 83.8 cm³/mol. The Morgan fingerprint density at radius 3 is 2.62 bits per heavy atom. The molecule has 3 rings (SSSR count). The van der Waals surface area contributed by atoms with Crippen LogP contribution in [-0.2, 0) is 0 Å². The van der Waals surface area contributed by atoms with E-state index in [1.54, 1.807) is 13.2 Å². The molecule has 2 aromatic heterocycles. The normalized spacial score (nSPS) is 10.8. The van der Waals surface area contributed by atoms with Gasteiger partial charge in [0.2, 0.25) is 5.88 Å². The summed E-state index contributed by atoms with van der Waals surface area (Å²) in [4.78, 5) is 19.8. The zero-order chi connectivity index (χ0) is 15.0. The molecule has 0 aliphatic heterocycles. The van der Waals surface area contributed by atoms with Crippen LogP contribution in [0.1, 0.15) is 11.3 Å². The highest BCUT2D eigenvalue weighted by Crippen LogP contribution is 2.30. The van der Waals surface area contributed by atoms with Gasteiger partial charge >= 0.3 is 0 Å². The summed E-state index contributed by atoms with van der Waals surface area (Å²) >= 11 is 0. The molecule has 0 saturated heterocycles. The number of fused-ring (bicyclic) bond motifs is 1. The van der Waals surface area contributed by atoms with Gasteiger partial charge in [0.15, 0.2) is 5.43 Å². The number of methoxy groups -OCH3 is 1. The first-order valence-corrected chi connectivity index (χ1v) is 6.75. The molecule has 0 saturated carbocycles. The van der Waals surface area contributed by atoms with Crippen molar-refractivity contribution in [2.45, 2.75) is 13.8 Å². The van der Waals surface area contributed by atoms with E-state index in [0.29, 0.717) is 5.88 Å². The summed E-state index contributed by atoms with van der Waals surface area (Å²) in [6.07, 6.45) is 0. The van der Waals surface area contributed by atoms with Crippen LogP contribution in [0, 0.1) is 13.8 Å². The van der Waals surface area contributed by atoms with Crippen molar-refractivity contribution in [2.75, 3.05) is 7.11 Å². The maximum Gasteiger partial charge on any atom is 0.223 e. The van der Waals surface area contributed by atoms with Gasteiger partial charge in [-0.2, -0.15) is 0 Å². The van der Waals surface area contributed by atoms with E-state index in [4.69, 9.17) is 4.74 Å². The van der Waals surface area contributed by atoms with Crippen LogP contribution in [0.5, 0.6) is 5.88 Å². The molecule has 2 heterocycles. The van der Waals surface area contributed by atoms with Crippen LogP contribution in [0.3, 0.4) is 0 Å². The molecule has 21 heavy (non-hydrogen) atoms. The molecule has 4 nitrogen and oxygen atoms in total. The highest BCUT2D eigenvalue weighted by Gasteiger charge is 2.12. The molecule has 1 aromatic carbocycles. The summed E-state index contributed by atoms with van der Waals surface area (Å²) in [5.74, 6) is 0.507. The lowest BCUT2D eigenvalue weighted by atomic mass is 10.1. The summed E-state index contributed by atoms with van der Waals surface area (Å²) in [6.45, 7) is 3.70. The quantitative estimate of drug-likeness (QED) is 0.784. The first-order chi connectivity index (χ1) is 10.1.